The topological polar surface area (TPSA) is 30.2 Å². The molecule has 1 heterocycles. The molecule has 0 spiro atoms. The second kappa shape index (κ2) is 3.87. The third-order valence-corrected chi connectivity index (χ3v) is 1.94. The number of hydrogen-bond donors (Lipinski definition) is 0. The van der Waals surface area contributed by atoms with Crippen LogP contribution in [0, 0.1) is 0 Å². The van der Waals surface area contributed by atoms with E-state index in [-0.39, 0.29) is 0 Å². The molecule has 0 unspecified atom stereocenters. The van der Waals surface area contributed by atoms with Crippen LogP contribution in [0.5, 0.6) is 0 Å². The standard InChI is InChI=1S/C11H11N3/c1-14-8-7-12-11(14)9-13-10-5-3-2-4-6-10/h2-9H,1H3. The van der Waals surface area contributed by atoms with Gasteiger partial charge in [-0.2, -0.15) is 0 Å². The molecule has 0 saturated carbocycles. The number of aryl methyl sites for hydroxylation is 1. The first-order valence-electron chi connectivity index (χ1n) is 4.43. The Morgan fingerprint density at radius 1 is 1.29 bits per heavy atom. The Balaban J connectivity index is 2.20. The fraction of sp³-hybridized carbons (Fsp3) is 0.0909. The smallest absolute Gasteiger partial charge is 0.150 e. The zero-order chi connectivity index (χ0) is 9.80. The van der Waals surface area contributed by atoms with Gasteiger partial charge in [0.1, 0.15) is 0 Å². The van der Waals surface area contributed by atoms with Crippen LogP contribution in [0.1, 0.15) is 5.82 Å². The molecule has 2 rings (SSSR count). The lowest BCUT2D eigenvalue weighted by atomic mass is 10.3. The minimum Gasteiger partial charge on any atom is -0.333 e. The highest BCUT2D eigenvalue weighted by Crippen LogP contribution is 2.08. The predicted molar refractivity (Wildman–Crippen MR) is 56.9 cm³/mol. The van der Waals surface area contributed by atoms with Crippen LogP contribution in [-0.4, -0.2) is 15.8 Å². The normalized spacial score (nSPS) is 10.9. The van der Waals surface area contributed by atoms with Crippen LogP contribution in [0.25, 0.3) is 0 Å². The van der Waals surface area contributed by atoms with Crippen molar-refractivity contribution < 1.29 is 0 Å². The van der Waals surface area contributed by atoms with Crippen LogP contribution in [0.15, 0.2) is 47.7 Å². The summed E-state index contributed by atoms with van der Waals surface area (Å²) in [6.07, 6.45) is 5.41. The maximum Gasteiger partial charge on any atom is 0.150 e. The third-order valence-electron chi connectivity index (χ3n) is 1.94. The zero-order valence-electron chi connectivity index (χ0n) is 7.96. The Morgan fingerprint density at radius 3 is 2.71 bits per heavy atom. The van der Waals surface area contributed by atoms with E-state index >= 15 is 0 Å². The maximum atomic E-state index is 4.30. The molecule has 14 heavy (non-hydrogen) atoms. The van der Waals surface area contributed by atoms with Crippen LogP contribution in [0.3, 0.4) is 0 Å². The van der Waals surface area contributed by atoms with Crippen molar-refractivity contribution >= 4 is 11.9 Å². The molecule has 0 bridgehead atoms. The Morgan fingerprint density at radius 2 is 2.07 bits per heavy atom. The molecule has 0 aliphatic rings. The molecule has 0 N–H and O–H groups in total. The number of aromatic nitrogens is 2. The van der Waals surface area contributed by atoms with E-state index < -0.39 is 0 Å². The first-order valence-corrected chi connectivity index (χ1v) is 4.43. The molecule has 0 amide bonds. The number of para-hydroxylation sites is 1. The minimum atomic E-state index is 0.855. The van der Waals surface area contributed by atoms with Gasteiger partial charge in [-0.05, 0) is 12.1 Å². The third kappa shape index (κ3) is 1.88. The van der Waals surface area contributed by atoms with Gasteiger partial charge in [0, 0.05) is 19.4 Å². The fourth-order valence-corrected chi connectivity index (χ4v) is 1.15. The number of nitrogens with zero attached hydrogens (tertiary/aromatic N) is 3. The predicted octanol–water partition coefficient (Wildman–Crippen LogP) is 2.17. The van der Waals surface area contributed by atoms with Gasteiger partial charge in [-0.1, -0.05) is 18.2 Å². The van der Waals surface area contributed by atoms with Gasteiger partial charge in [0.25, 0.3) is 0 Å². The largest absolute Gasteiger partial charge is 0.333 e. The van der Waals surface area contributed by atoms with Crippen molar-refractivity contribution in [2.75, 3.05) is 0 Å². The summed E-state index contributed by atoms with van der Waals surface area (Å²) >= 11 is 0. The average Bonchev–Trinajstić information content (AvgIpc) is 2.63. The van der Waals surface area contributed by atoms with E-state index in [0.29, 0.717) is 0 Å². The molecule has 0 aliphatic carbocycles. The van der Waals surface area contributed by atoms with Gasteiger partial charge >= 0.3 is 0 Å². The highest BCUT2D eigenvalue weighted by Gasteiger charge is 1.92. The van der Waals surface area contributed by atoms with Gasteiger partial charge in [-0.15, -0.1) is 0 Å². The second-order valence-corrected chi connectivity index (χ2v) is 2.99. The van der Waals surface area contributed by atoms with Gasteiger partial charge in [0.15, 0.2) is 5.82 Å². The van der Waals surface area contributed by atoms with Crippen LogP contribution in [-0.2, 0) is 7.05 Å². The number of imidazole rings is 1. The average molecular weight is 185 g/mol. The van der Waals surface area contributed by atoms with Gasteiger partial charge in [0.2, 0.25) is 0 Å². The Labute approximate surface area is 82.8 Å². The lowest BCUT2D eigenvalue weighted by Crippen LogP contribution is -1.94. The highest BCUT2D eigenvalue weighted by atomic mass is 15.0. The van der Waals surface area contributed by atoms with Crippen LogP contribution >= 0.6 is 0 Å². The highest BCUT2D eigenvalue weighted by molar-refractivity contribution is 5.77. The second-order valence-electron chi connectivity index (χ2n) is 2.99. The summed E-state index contributed by atoms with van der Waals surface area (Å²) in [7, 11) is 1.94. The van der Waals surface area contributed by atoms with Crippen molar-refractivity contribution in [1.82, 2.24) is 9.55 Å². The quantitative estimate of drug-likeness (QED) is 0.659. The first kappa shape index (κ1) is 8.69. The lowest BCUT2D eigenvalue weighted by Gasteiger charge is -1.93. The fourth-order valence-electron chi connectivity index (χ4n) is 1.15. The van der Waals surface area contributed by atoms with Crippen LogP contribution < -0.4 is 0 Å². The molecule has 0 aliphatic heterocycles. The van der Waals surface area contributed by atoms with Gasteiger partial charge in [-0.25, -0.2) is 4.98 Å². The summed E-state index contributed by atoms with van der Waals surface area (Å²) in [6.45, 7) is 0. The van der Waals surface area contributed by atoms with Crippen molar-refractivity contribution in [3.8, 4) is 0 Å². The molecule has 70 valence electrons. The van der Waals surface area contributed by atoms with Crippen molar-refractivity contribution in [3.63, 3.8) is 0 Å². The number of aliphatic imine (C=N–C) groups is 1. The van der Waals surface area contributed by atoms with E-state index in [1.807, 2.05) is 48.1 Å². The molecular weight excluding hydrogens is 174 g/mol. The van der Waals surface area contributed by atoms with Crippen LogP contribution in [0.4, 0.5) is 5.69 Å². The summed E-state index contributed by atoms with van der Waals surface area (Å²) in [5.41, 5.74) is 0.940. The van der Waals surface area contributed by atoms with Crippen molar-refractivity contribution in [1.29, 1.82) is 0 Å². The summed E-state index contributed by atoms with van der Waals surface area (Å²) in [5.74, 6) is 0.855. The molecule has 3 nitrogen and oxygen atoms in total. The van der Waals surface area contributed by atoms with Gasteiger partial charge in [-0.3, -0.25) is 4.99 Å². The molecule has 0 radical (unpaired) electrons. The molecule has 0 atom stereocenters. The summed E-state index contributed by atoms with van der Waals surface area (Å²) in [6, 6.07) is 9.81. The first-order chi connectivity index (χ1) is 6.86. The molecular formula is C11H11N3. The van der Waals surface area contributed by atoms with Crippen molar-refractivity contribution in [2.24, 2.45) is 12.0 Å². The zero-order valence-corrected chi connectivity index (χ0v) is 7.96. The Hall–Kier alpha value is -1.90. The SMILES string of the molecule is Cn1ccnc1C=Nc1ccccc1. The number of rotatable bonds is 2. The van der Waals surface area contributed by atoms with Gasteiger partial charge in [0.05, 0.1) is 11.9 Å². The van der Waals surface area contributed by atoms with Crippen molar-refractivity contribution in [2.45, 2.75) is 0 Å². The van der Waals surface area contributed by atoms with Crippen LogP contribution in [0.2, 0.25) is 0 Å². The van der Waals surface area contributed by atoms with E-state index in [2.05, 4.69) is 9.98 Å². The lowest BCUT2D eigenvalue weighted by molar-refractivity contribution is 0.902. The summed E-state index contributed by atoms with van der Waals surface area (Å²) < 4.78 is 1.92. The Bertz CT molecular complexity index is 429. The molecule has 0 fully saturated rings. The monoisotopic (exact) mass is 185 g/mol. The molecule has 1 aromatic heterocycles. The minimum absolute atomic E-state index is 0.855. The van der Waals surface area contributed by atoms with Gasteiger partial charge < -0.3 is 4.57 Å². The maximum absolute atomic E-state index is 4.30. The summed E-state index contributed by atoms with van der Waals surface area (Å²) in [5, 5.41) is 0. The van der Waals surface area contributed by atoms with E-state index in [1.165, 1.54) is 0 Å². The molecule has 3 heteroatoms. The molecule has 1 aromatic carbocycles. The van der Waals surface area contributed by atoms with E-state index in [1.54, 1.807) is 12.4 Å². The number of benzene rings is 1. The van der Waals surface area contributed by atoms with Crippen molar-refractivity contribution in [3.05, 3.63) is 48.5 Å². The Kier molecular flexibility index (Phi) is 2.40. The number of hydrogen-bond acceptors (Lipinski definition) is 2. The van der Waals surface area contributed by atoms with E-state index in [4.69, 9.17) is 0 Å². The summed E-state index contributed by atoms with van der Waals surface area (Å²) in [4.78, 5) is 8.45. The van der Waals surface area contributed by atoms with E-state index in [0.717, 1.165) is 11.5 Å². The molecule has 0 saturated heterocycles. The molecule has 2 aromatic rings. The van der Waals surface area contributed by atoms with E-state index in [9.17, 15) is 0 Å².